The number of rotatable bonds is 4. The van der Waals surface area contributed by atoms with Gasteiger partial charge in [-0.2, -0.15) is 0 Å². The molecule has 1 aliphatic heterocycles. The summed E-state index contributed by atoms with van der Waals surface area (Å²) in [5, 5.41) is 5.35. The Morgan fingerprint density at radius 1 is 1.10 bits per heavy atom. The molecule has 156 valence electrons. The third kappa shape index (κ3) is 3.46. The molecule has 0 radical (unpaired) electrons. The number of hydrogen-bond acceptors (Lipinski definition) is 2. The fourth-order valence-corrected chi connectivity index (χ4v) is 4.46. The predicted octanol–water partition coefficient (Wildman–Crippen LogP) is 5.18. The summed E-state index contributed by atoms with van der Waals surface area (Å²) in [6.45, 7) is 4.57. The molecule has 1 saturated heterocycles. The van der Waals surface area contributed by atoms with Gasteiger partial charge in [0.1, 0.15) is 0 Å². The van der Waals surface area contributed by atoms with Gasteiger partial charge in [0.05, 0.1) is 5.92 Å². The maximum atomic E-state index is 12.9. The van der Waals surface area contributed by atoms with Gasteiger partial charge in [-0.15, -0.1) is 0 Å². The Hall–Kier alpha value is -3.60. The fraction of sp³-hybridized carbons (Fsp3) is 0.231. The highest BCUT2D eigenvalue weighted by molar-refractivity contribution is 6.10. The number of H-pyrrole nitrogens is 1. The third-order valence-corrected chi connectivity index (χ3v) is 6.21. The summed E-state index contributed by atoms with van der Waals surface area (Å²) in [6.07, 6.45) is 1.19. The van der Waals surface area contributed by atoms with Crippen molar-refractivity contribution in [2.75, 3.05) is 16.8 Å². The van der Waals surface area contributed by atoms with Gasteiger partial charge in [0.15, 0.2) is 0 Å². The highest BCUT2D eigenvalue weighted by atomic mass is 16.2. The summed E-state index contributed by atoms with van der Waals surface area (Å²) < 4.78 is 0. The van der Waals surface area contributed by atoms with Gasteiger partial charge < -0.3 is 15.2 Å². The number of aromatic nitrogens is 1. The highest BCUT2D eigenvalue weighted by Gasteiger charge is 2.35. The zero-order valence-corrected chi connectivity index (χ0v) is 17.7. The molecule has 4 aromatic rings. The molecule has 31 heavy (non-hydrogen) atoms. The molecule has 0 bridgehead atoms. The molecule has 5 rings (SSSR count). The van der Waals surface area contributed by atoms with Gasteiger partial charge in [-0.1, -0.05) is 48.9 Å². The summed E-state index contributed by atoms with van der Waals surface area (Å²) in [7, 11) is 0. The number of benzene rings is 3. The standard InChI is InChI=1S/C26H25N3O2/c1-3-17-5-4-6-22-21-12-9-19(14-23(21)28-25(17)22)27-26(31)18-13-24(30)29(15-18)20-10-7-16(2)8-11-20/h4-12,14,18,28H,3,13,15H2,1-2H3,(H,27,31). The number of nitrogens with zero attached hydrogens (tertiary/aromatic N) is 1. The van der Waals surface area contributed by atoms with Gasteiger partial charge in [-0.3, -0.25) is 9.59 Å². The second-order valence-corrected chi connectivity index (χ2v) is 8.31. The van der Waals surface area contributed by atoms with Crippen molar-refractivity contribution in [2.24, 2.45) is 5.92 Å². The minimum absolute atomic E-state index is 0.0119. The summed E-state index contributed by atoms with van der Waals surface area (Å²) in [5.41, 5.74) is 6.15. The van der Waals surface area contributed by atoms with E-state index in [1.807, 2.05) is 49.4 Å². The predicted molar refractivity (Wildman–Crippen MR) is 125 cm³/mol. The van der Waals surface area contributed by atoms with Crippen LogP contribution in [-0.4, -0.2) is 23.3 Å². The average Bonchev–Trinajstić information content (AvgIpc) is 3.34. The number of aryl methyl sites for hydroxylation is 2. The van der Waals surface area contributed by atoms with Crippen molar-refractivity contribution < 1.29 is 9.59 Å². The maximum absolute atomic E-state index is 12.9. The van der Waals surface area contributed by atoms with Gasteiger partial charge >= 0.3 is 0 Å². The molecule has 0 saturated carbocycles. The molecule has 0 spiro atoms. The molecule has 0 aliphatic carbocycles. The summed E-state index contributed by atoms with van der Waals surface area (Å²) in [5.74, 6) is -0.492. The van der Waals surface area contributed by atoms with Crippen LogP contribution in [0.15, 0.2) is 60.7 Å². The average molecular weight is 412 g/mol. The van der Waals surface area contributed by atoms with Crippen molar-refractivity contribution in [1.82, 2.24) is 4.98 Å². The lowest BCUT2D eigenvalue weighted by atomic mass is 10.1. The molecule has 2 N–H and O–H groups in total. The van der Waals surface area contributed by atoms with E-state index >= 15 is 0 Å². The number of para-hydroxylation sites is 1. The first kappa shape index (κ1) is 19.4. The van der Waals surface area contributed by atoms with Gasteiger partial charge in [-0.25, -0.2) is 0 Å². The Balaban J connectivity index is 1.36. The first-order valence-electron chi connectivity index (χ1n) is 10.7. The Morgan fingerprint density at radius 2 is 1.90 bits per heavy atom. The Bertz CT molecular complexity index is 1300. The Morgan fingerprint density at radius 3 is 2.68 bits per heavy atom. The monoisotopic (exact) mass is 411 g/mol. The SMILES string of the molecule is CCc1cccc2c1[nH]c1cc(NC(=O)C3CC(=O)N(c4ccc(C)cc4)C3)ccc12. The van der Waals surface area contributed by atoms with Crippen LogP contribution in [0.1, 0.15) is 24.5 Å². The molecule has 1 aromatic heterocycles. The molecule has 2 heterocycles. The second kappa shape index (κ2) is 7.58. The van der Waals surface area contributed by atoms with Gasteiger partial charge in [0.25, 0.3) is 0 Å². The van der Waals surface area contributed by atoms with Crippen molar-refractivity contribution in [2.45, 2.75) is 26.7 Å². The van der Waals surface area contributed by atoms with Gasteiger partial charge in [0.2, 0.25) is 11.8 Å². The first-order valence-corrected chi connectivity index (χ1v) is 10.7. The zero-order chi connectivity index (χ0) is 21.5. The van der Waals surface area contributed by atoms with Crippen molar-refractivity contribution in [3.63, 3.8) is 0 Å². The molecule has 1 atom stereocenters. The Kier molecular flexibility index (Phi) is 4.74. The number of carbonyl (C=O) groups excluding carboxylic acids is 2. The number of anilines is 2. The van der Waals surface area contributed by atoms with E-state index in [-0.39, 0.29) is 24.2 Å². The van der Waals surface area contributed by atoms with E-state index < -0.39 is 0 Å². The molecular weight excluding hydrogens is 386 g/mol. The van der Waals surface area contributed by atoms with Crippen LogP contribution in [0.25, 0.3) is 21.8 Å². The van der Waals surface area contributed by atoms with Crippen molar-refractivity contribution >= 4 is 45.0 Å². The van der Waals surface area contributed by atoms with Crippen LogP contribution in [-0.2, 0) is 16.0 Å². The molecule has 2 amide bonds. The molecule has 5 nitrogen and oxygen atoms in total. The van der Waals surface area contributed by atoms with Crippen LogP contribution in [0.5, 0.6) is 0 Å². The van der Waals surface area contributed by atoms with Crippen molar-refractivity contribution in [3.05, 3.63) is 71.8 Å². The van der Waals surface area contributed by atoms with Crippen LogP contribution in [0.4, 0.5) is 11.4 Å². The number of fused-ring (bicyclic) bond motifs is 3. The van der Waals surface area contributed by atoms with Crippen LogP contribution in [0.3, 0.4) is 0 Å². The highest BCUT2D eigenvalue weighted by Crippen LogP contribution is 2.31. The minimum atomic E-state index is -0.362. The minimum Gasteiger partial charge on any atom is -0.354 e. The van der Waals surface area contributed by atoms with E-state index in [0.717, 1.165) is 39.8 Å². The van der Waals surface area contributed by atoms with Crippen LogP contribution < -0.4 is 10.2 Å². The summed E-state index contributed by atoms with van der Waals surface area (Å²) in [6, 6.07) is 20.1. The largest absolute Gasteiger partial charge is 0.354 e. The fourth-order valence-electron chi connectivity index (χ4n) is 4.46. The molecular formula is C26H25N3O2. The van der Waals surface area contributed by atoms with E-state index in [0.29, 0.717) is 6.54 Å². The summed E-state index contributed by atoms with van der Waals surface area (Å²) in [4.78, 5) is 30.6. The van der Waals surface area contributed by atoms with E-state index in [2.05, 4.69) is 35.4 Å². The molecule has 1 fully saturated rings. The number of nitrogens with one attached hydrogen (secondary N) is 2. The first-order chi connectivity index (χ1) is 15.0. The van der Waals surface area contributed by atoms with E-state index in [1.165, 1.54) is 10.9 Å². The molecule has 1 unspecified atom stereocenters. The maximum Gasteiger partial charge on any atom is 0.229 e. The van der Waals surface area contributed by atoms with E-state index in [1.54, 1.807) is 4.90 Å². The summed E-state index contributed by atoms with van der Waals surface area (Å²) >= 11 is 0. The van der Waals surface area contributed by atoms with Crippen LogP contribution in [0, 0.1) is 12.8 Å². The van der Waals surface area contributed by atoms with Gasteiger partial charge in [-0.05, 0) is 43.2 Å². The van der Waals surface area contributed by atoms with E-state index in [9.17, 15) is 9.59 Å². The zero-order valence-electron chi connectivity index (χ0n) is 17.7. The number of hydrogen-bond donors (Lipinski definition) is 2. The second-order valence-electron chi connectivity index (χ2n) is 8.31. The molecule has 3 aromatic carbocycles. The molecule has 5 heteroatoms. The lowest BCUT2D eigenvalue weighted by molar-refractivity contribution is -0.122. The number of carbonyl (C=O) groups is 2. The number of amides is 2. The smallest absolute Gasteiger partial charge is 0.229 e. The number of aromatic amines is 1. The van der Waals surface area contributed by atoms with Crippen molar-refractivity contribution in [1.29, 1.82) is 0 Å². The topological polar surface area (TPSA) is 65.2 Å². The third-order valence-electron chi connectivity index (χ3n) is 6.21. The quantitative estimate of drug-likeness (QED) is 0.486. The van der Waals surface area contributed by atoms with Crippen LogP contribution >= 0.6 is 0 Å². The lowest BCUT2D eigenvalue weighted by Crippen LogP contribution is -2.28. The normalized spacial score (nSPS) is 16.4. The van der Waals surface area contributed by atoms with Crippen LogP contribution in [0.2, 0.25) is 0 Å². The van der Waals surface area contributed by atoms with Crippen molar-refractivity contribution in [3.8, 4) is 0 Å². The van der Waals surface area contributed by atoms with Gasteiger partial charge in [0, 0.05) is 46.1 Å². The lowest BCUT2D eigenvalue weighted by Gasteiger charge is -2.17. The molecule has 1 aliphatic rings. The Labute approximate surface area is 181 Å². The van der Waals surface area contributed by atoms with E-state index in [4.69, 9.17) is 0 Å².